The van der Waals surface area contributed by atoms with E-state index in [1.54, 1.807) is 22.9 Å². The molecule has 0 aliphatic heterocycles. The number of para-hydroxylation sites is 2. The molecule has 27 heavy (non-hydrogen) atoms. The Hall–Kier alpha value is -3.38. The SMILES string of the molecule is Cc1cc(NC(=O)C=Cc2cccc(Cl)c2)[n+](-c2nc3ccccc3[nH]2)[nH]1. The molecule has 4 rings (SSSR count). The van der Waals surface area contributed by atoms with E-state index < -0.39 is 0 Å². The number of hydrogen-bond donors (Lipinski definition) is 3. The first-order chi connectivity index (χ1) is 13.1. The number of hydrogen-bond acceptors (Lipinski definition) is 2. The summed E-state index contributed by atoms with van der Waals surface area (Å²) in [6.07, 6.45) is 3.18. The van der Waals surface area contributed by atoms with Crippen molar-refractivity contribution in [1.29, 1.82) is 0 Å². The molecule has 0 unspecified atom stereocenters. The van der Waals surface area contributed by atoms with Gasteiger partial charge in [-0.2, -0.15) is 0 Å². The fourth-order valence-electron chi connectivity index (χ4n) is 2.79. The Morgan fingerprint density at radius 2 is 2.04 bits per heavy atom. The second kappa shape index (κ2) is 7.09. The zero-order chi connectivity index (χ0) is 18.8. The molecular formula is C20H17ClN5O+. The summed E-state index contributed by atoms with van der Waals surface area (Å²) >= 11 is 5.96. The van der Waals surface area contributed by atoms with E-state index in [0.29, 0.717) is 16.8 Å². The van der Waals surface area contributed by atoms with Gasteiger partial charge in [-0.1, -0.05) is 35.9 Å². The highest BCUT2D eigenvalue weighted by Gasteiger charge is 2.19. The second-order valence-corrected chi connectivity index (χ2v) is 6.55. The molecule has 6 nitrogen and oxygen atoms in total. The average molecular weight is 379 g/mol. The molecule has 3 N–H and O–H groups in total. The van der Waals surface area contributed by atoms with Crippen LogP contribution in [0.15, 0.2) is 60.7 Å². The van der Waals surface area contributed by atoms with Crippen LogP contribution >= 0.6 is 11.6 Å². The van der Waals surface area contributed by atoms with Crippen LogP contribution in [-0.4, -0.2) is 21.0 Å². The number of anilines is 1. The van der Waals surface area contributed by atoms with E-state index in [2.05, 4.69) is 20.4 Å². The summed E-state index contributed by atoms with van der Waals surface area (Å²) in [6, 6.07) is 16.9. The maximum absolute atomic E-state index is 12.3. The molecule has 0 saturated heterocycles. The van der Waals surface area contributed by atoms with E-state index in [1.165, 1.54) is 6.08 Å². The Bertz CT molecular complexity index is 1130. The molecule has 0 fully saturated rings. The number of nitrogens with one attached hydrogen (secondary N) is 3. The number of nitrogens with zero attached hydrogens (tertiary/aromatic N) is 2. The summed E-state index contributed by atoms with van der Waals surface area (Å²) in [7, 11) is 0. The molecule has 2 aromatic carbocycles. The molecule has 134 valence electrons. The highest BCUT2D eigenvalue weighted by molar-refractivity contribution is 6.30. The van der Waals surface area contributed by atoms with Crippen LogP contribution in [0.25, 0.3) is 23.1 Å². The maximum atomic E-state index is 12.3. The molecule has 0 bridgehead atoms. The van der Waals surface area contributed by atoms with E-state index in [-0.39, 0.29) is 5.91 Å². The Morgan fingerprint density at radius 1 is 1.19 bits per heavy atom. The van der Waals surface area contributed by atoms with Crippen LogP contribution in [-0.2, 0) is 4.79 Å². The van der Waals surface area contributed by atoms with E-state index in [4.69, 9.17) is 11.6 Å². The van der Waals surface area contributed by atoms with Crippen LogP contribution in [0.4, 0.5) is 5.82 Å². The van der Waals surface area contributed by atoms with Gasteiger partial charge in [0.05, 0.1) is 0 Å². The van der Waals surface area contributed by atoms with Crippen LogP contribution in [0.5, 0.6) is 0 Å². The average Bonchev–Trinajstić information content (AvgIpc) is 3.23. The third kappa shape index (κ3) is 3.75. The van der Waals surface area contributed by atoms with Crippen molar-refractivity contribution in [3.8, 4) is 5.95 Å². The third-order valence-electron chi connectivity index (χ3n) is 4.00. The number of amides is 1. The first-order valence-corrected chi connectivity index (χ1v) is 8.78. The van der Waals surface area contributed by atoms with Crippen LogP contribution in [0, 0.1) is 6.92 Å². The lowest BCUT2D eigenvalue weighted by Crippen LogP contribution is -2.38. The largest absolute Gasteiger partial charge is 0.374 e. The third-order valence-corrected chi connectivity index (χ3v) is 4.23. The highest BCUT2D eigenvalue weighted by atomic mass is 35.5. The molecule has 1 amide bonds. The number of rotatable bonds is 4. The summed E-state index contributed by atoms with van der Waals surface area (Å²) in [4.78, 5) is 20.1. The van der Waals surface area contributed by atoms with Crippen molar-refractivity contribution in [2.45, 2.75) is 6.92 Å². The van der Waals surface area contributed by atoms with Crippen molar-refractivity contribution in [2.24, 2.45) is 0 Å². The molecule has 0 saturated carbocycles. The number of carbonyl (C=O) groups excluding carboxylic acids is 1. The van der Waals surface area contributed by atoms with Gasteiger partial charge in [-0.15, -0.1) is 9.67 Å². The number of aryl methyl sites for hydroxylation is 1. The smallest absolute Gasteiger partial charge is 0.258 e. The minimum Gasteiger partial charge on any atom is -0.258 e. The number of fused-ring (bicyclic) bond motifs is 1. The molecule has 4 aromatic rings. The van der Waals surface area contributed by atoms with E-state index in [1.807, 2.05) is 49.4 Å². The summed E-state index contributed by atoms with van der Waals surface area (Å²) in [5, 5.41) is 6.67. The van der Waals surface area contributed by atoms with Gasteiger partial charge in [0, 0.05) is 22.9 Å². The zero-order valence-corrected chi connectivity index (χ0v) is 15.3. The molecule has 2 aromatic heterocycles. The first-order valence-electron chi connectivity index (χ1n) is 8.40. The van der Waals surface area contributed by atoms with Crippen LogP contribution in [0.2, 0.25) is 5.02 Å². The van der Waals surface area contributed by atoms with Crippen molar-refractivity contribution in [2.75, 3.05) is 5.32 Å². The number of aromatic amines is 2. The number of imidazole rings is 1. The Balaban J connectivity index is 1.58. The summed E-state index contributed by atoms with van der Waals surface area (Å²) in [5.41, 5.74) is 3.52. The van der Waals surface area contributed by atoms with Gasteiger partial charge >= 0.3 is 5.95 Å². The minimum atomic E-state index is -0.251. The highest BCUT2D eigenvalue weighted by Crippen LogP contribution is 2.14. The minimum absolute atomic E-state index is 0.251. The van der Waals surface area contributed by atoms with Gasteiger partial charge in [0.1, 0.15) is 5.52 Å². The van der Waals surface area contributed by atoms with Crippen molar-refractivity contribution in [1.82, 2.24) is 15.1 Å². The normalized spacial score (nSPS) is 11.3. The number of benzene rings is 2. The van der Waals surface area contributed by atoms with Gasteiger partial charge in [0.25, 0.3) is 5.91 Å². The van der Waals surface area contributed by atoms with E-state index in [9.17, 15) is 4.79 Å². The fraction of sp³-hybridized carbons (Fsp3) is 0.0500. The molecule has 0 aliphatic carbocycles. The van der Waals surface area contributed by atoms with E-state index in [0.717, 1.165) is 22.3 Å². The molecule has 0 radical (unpaired) electrons. The molecule has 0 aliphatic rings. The van der Waals surface area contributed by atoms with Crippen molar-refractivity contribution < 1.29 is 9.48 Å². The van der Waals surface area contributed by atoms with E-state index >= 15 is 0 Å². The first kappa shape index (κ1) is 17.1. The Labute approximate surface area is 160 Å². The quantitative estimate of drug-likeness (QED) is 0.373. The van der Waals surface area contributed by atoms with Crippen molar-refractivity contribution >= 4 is 40.4 Å². The van der Waals surface area contributed by atoms with Gasteiger partial charge in [0.2, 0.25) is 5.82 Å². The molecule has 7 heteroatoms. The van der Waals surface area contributed by atoms with Gasteiger partial charge in [-0.25, -0.2) is 0 Å². The second-order valence-electron chi connectivity index (χ2n) is 6.11. The van der Waals surface area contributed by atoms with Gasteiger partial charge < -0.3 is 0 Å². The van der Waals surface area contributed by atoms with Crippen LogP contribution in [0.1, 0.15) is 11.3 Å². The number of halogens is 1. The monoisotopic (exact) mass is 378 g/mol. The number of carbonyl (C=O) groups is 1. The fourth-order valence-corrected chi connectivity index (χ4v) is 2.99. The molecule has 0 spiro atoms. The van der Waals surface area contributed by atoms with Gasteiger partial charge in [0.15, 0.2) is 5.52 Å². The van der Waals surface area contributed by atoms with Crippen molar-refractivity contribution in [3.05, 3.63) is 77.0 Å². The van der Waals surface area contributed by atoms with Gasteiger partial charge in [-0.05, 0) is 42.8 Å². The lowest BCUT2D eigenvalue weighted by Gasteiger charge is -1.99. The molecule has 2 heterocycles. The summed E-state index contributed by atoms with van der Waals surface area (Å²) in [5.74, 6) is 0.935. The standard InChI is InChI=1S/C20H16ClN5O/c1-13-11-18(24-19(27)10-9-14-5-4-6-15(21)12-14)26(25-13)20-22-16-7-2-3-8-17(16)23-20/h2-12H,1H3,(H2,22,23,24,25,27)/p+1. The Morgan fingerprint density at radius 3 is 2.85 bits per heavy atom. The van der Waals surface area contributed by atoms with Crippen molar-refractivity contribution in [3.63, 3.8) is 0 Å². The summed E-state index contributed by atoms with van der Waals surface area (Å²) < 4.78 is 1.71. The predicted molar refractivity (Wildman–Crippen MR) is 106 cm³/mol. The Kier molecular flexibility index (Phi) is 4.48. The lowest BCUT2D eigenvalue weighted by atomic mass is 10.2. The number of H-pyrrole nitrogens is 2. The molecule has 0 atom stereocenters. The van der Waals surface area contributed by atoms with Crippen LogP contribution in [0.3, 0.4) is 0 Å². The predicted octanol–water partition coefficient (Wildman–Crippen LogP) is 3.78. The number of aromatic nitrogens is 4. The molecular weight excluding hydrogens is 362 g/mol. The summed E-state index contributed by atoms with van der Waals surface area (Å²) in [6.45, 7) is 1.91. The topological polar surface area (TPSA) is 77.5 Å². The lowest BCUT2D eigenvalue weighted by molar-refractivity contribution is -0.648. The van der Waals surface area contributed by atoms with Crippen LogP contribution < -0.4 is 10.00 Å². The maximum Gasteiger partial charge on any atom is 0.374 e. The van der Waals surface area contributed by atoms with Gasteiger partial charge in [-0.3, -0.25) is 20.2 Å². The zero-order valence-electron chi connectivity index (χ0n) is 14.5.